The largest absolute Gasteiger partial charge is 0.328 e. The van der Waals surface area contributed by atoms with Gasteiger partial charge in [-0.05, 0) is 59.3 Å². The molecule has 3 aromatic heterocycles. The van der Waals surface area contributed by atoms with Crippen LogP contribution in [0.1, 0.15) is 24.0 Å². The van der Waals surface area contributed by atoms with E-state index in [0.717, 1.165) is 34.7 Å². The summed E-state index contributed by atoms with van der Waals surface area (Å²) in [5.74, 6) is 0.648. The first-order valence-electron chi connectivity index (χ1n) is 9.69. The molecule has 150 valence electrons. The van der Waals surface area contributed by atoms with Crippen molar-refractivity contribution >= 4 is 11.0 Å². The highest BCUT2D eigenvalue weighted by atomic mass is 19.1. The fraction of sp³-hybridized carbons (Fsp3) is 0.190. The zero-order valence-corrected chi connectivity index (χ0v) is 16.4. The Bertz CT molecular complexity index is 1300. The molecule has 0 saturated heterocycles. The highest BCUT2D eigenvalue weighted by Crippen LogP contribution is 2.22. The molecule has 30 heavy (non-hydrogen) atoms. The van der Waals surface area contributed by atoms with Gasteiger partial charge in [0.05, 0.1) is 29.0 Å². The number of nitrogens with zero attached hydrogens (tertiary/aromatic N) is 8. The minimum Gasteiger partial charge on any atom is -0.328 e. The van der Waals surface area contributed by atoms with Crippen LogP contribution in [0.2, 0.25) is 0 Å². The minimum atomic E-state index is -0.287. The molecule has 0 amide bonds. The van der Waals surface area contributed by atoms with Gasteiger partial charge >= 0.3 is 0 Å². The van der Waals surface area contributed by atoms with Gasteiger partial charge in [0.1, 0.15) is 18.0 Å². The van der Waals surface area contributed by atoms with Crippen molar-refractivity contribution in [2.75, 3.05) is 0 Å². The van der Waals surface area contributed by atoms with Crippen molar-refractivity contribution in [3.63, 3.8) is 0 Å². The molecule has 0 saturated carbocycles. The molecular formula is C21H19FN8. The summed E-state index contributed by atoms with van der Waals surface area (Å²) in [7, 11) is 0. The van der Waals surface area contributed by atoms with E-state index in [0.29, 0.717) is 18.7 Å². The van der Waals surface area contributed by atoms with E-state index in [2.05, 4.69) is 50.3 Å². The van der Waals surface area contributed by atoms with E-state index in [9.17, 15) is 4.39 Å². The van der Waals surface area contributed by atoms with E-state index in [-0.39, 0.29) is 5.82 Å². The summed E-state index contributed by atoms with van der Waals surface area (Å²) < 4.78 is 19.3. The lowest BCUT2D eigenvalue weighted by atomic mass is 10.2. The van der Waals surface area contributed by atoms with Crippen molar-refractivity contribution in [1.29, 1.82) is 0 Å². The van der Waals surface area contributed by atoms with Gasteiger partial charge < -0.3 is 4.57 Å². The lowest BCUT2D eigenvalue weighted by Crippen LogP contribution is -2.07. The third kappa shape index (κ3) is 3.34. The molecule has 5 rings (SSSR count). The molecule has 8 nitrogen and oxygen atoms in total. The number of benzene rings is 2. The molecule has 2 aromatic carbocycles. The summed E-state index contributed by atoms with van der Waals surface area (Å²) in [5, 5.41) is 15.6. The van der Waals surface area contributed by atoms with Gasteiger partial charge in [-0.25, -0.2) is 18.7 Å². The Kier molecular flexibility index (Phi) is 4.55. The van der Waals surface area contributed by atoms with Gasteiger partial charge in [0.2, 0.25) is 0 Å². The van der Waals surface area contributed by atoms with Crippen LogP contribution in [-0.4, -0.2) is 39.5 Å². The maximum atomic E-state index is 13.7. The van der Waals surface area contributed by atoms with Crippen molar-refractivity contribution in [2.45, 2.75) is 26.4 Å². The molecule has 0 spiro atoms. The first kappa shape index (κ1) is 18.2. The maximum absolute atomic E-state index is 13.7. The topological polar surface area (TPSA) is 79.2 Å². The molecule has 0 aliphatic heterocycles. The molecule has 0 unspecified atom stereocenters. The molecule has 9 heteroatoms. The summed E-state index contributed by atoms with van der Waals surface area (Å²) in [6, 6.07) is 14.6. The van der Waals surface area contributed by atoms with Crippen LogP contribution >= 0.6 is 0 Å². The molecular weight excluding hydrogens is 383 g/mol. The van der Waals surface area contributed by atoms with Gasteiger partial charge in [0.25, 0.3) is 0 Å². The van der Waals surface area contributed by atoms with Crippen molar-refractivity contribution in [2.24, 2.45) is 0 Å². The molecule has 0 N–H and O–H groups in total. The van der Waals surface area contributed by atoms with Gasteiger partial charge in [-0.1, -0.05) is 12.1 Å². The van der Waals surface area contributed by atoms with Gasteiger partial charge in [-0.15, -0.1) is 5.10 Å². The third-order valence-corrected chi connectivity index (χ3v) is 5.06. The average Bonchev–Trinajstić information content (AvgIpc) is 3.48. The monoisotopic (exact) mass is 402 g/mol. The van der Waals surface area contributed by atoms with Crippen LogP contribution in [0.5, 0.6) is 0 Å². The summed E-state index contributed by atoms with van der Waals surface area (Å²) in [6.45, 7) is 3.49. The zero-order valence-electron chi connectivity index (χ0n) is 16.4. The standard InChI is InChI=1S/C21H19FN8/c1-2-29-20-7-6-15(13-28-14-23-26-27-28)10-19(20)25-21(29)12-18-8-9-24-30(18)17-5-3-4-16(22)11-17/h3-11,14H,2,12-13H2,1H3. The van der Waals surface area contributed by atoms with E-state index >= 15 is 0 Å². The number of hydrogen-bond acceptors (Lipinski definition) is 5. The zero-order chi connectivity index (χ0) is 20.5. The fourth-order valence-electron chi connectivity index (χ4n) is 3.72. The molecule has 3 heterocycles. The summed E-state index contributed by atoms with van der Waals surface area (Å²) in [6.07, 6.45) is 3.90. The molecule has 0 aliphatic carbocycles. The Hall–Kier alpha value is -3.88. The average molecular weight is 402 g/mol. The molecule has 0 fully saturated rings. The van der Waals surface area contributed by atoms with Crippen molar-refractivity contribution in [3.8, 4) is 5.69 Å². The second-order valence-corrected chi connectivity index (χ2v) is 6.99. The fourth-order valence-corrected chi connectivity index (χ4v) is 3.72. The quantitative estimate of drug-likeness (QED) is 0.436. The van der Waals surface area contributed by atoms with E-state index in [1.54, 1.807) is 28.0 Å². The van der Waals surface area contributed by atoms with Crippen LogP contribution in [0.3, 0.4) is 0 Å². The van der Waals surface area contributed by atoms with Crippen molar-refractivity contribution in [1.82, 2.24) is 39.5 Å². The van der Waals surface area contributed by atoms with Gasteiger partial charge in [-0.2, -0.15) is 5.10 Å². The predicted octanol–water partition coefficient (Wildman–Crippen LogP) is 3.01. The summed E-state index contributed by atoms with van der Waals surface area (Å²) in [5.41, 5.74) is 4.71. The van der Waals surface area contributed by atoms with Crippen LogP contribution in [-0.2, 0) is 19.5 Å². The maximum Gasteiger partial charge on any atom is 0.138 e. The number of halogens is 1. The van der Waals surface area contributed by atoms with E-state index in [1.807, 2.05) is 12.1 Å². The Morgan fingerprint density at radius 1 is 1.07 bits per heavy atom. The molecule has 0 atom stereocenters. The van der Waals surface area contributed by atoms with Crippen LogP contribution in [0, 0.1) is 5.82 Å². The molecule has 0 bridgehead atoms. The number of aryl methyl sites for hydroxylation is 1. The van der Waals surface area contributed by atoms with Crippen LogP contribution in [0.4, 0.5) is 4.39 Å². The highest BCUT2D eigenvalue weighted by molar-refractivity contribution is 5.77. The normalized spacial score (nSPS) is 11.4. The third-order valence-electron chi connectivity index (χ3n) is 5.06. The van der Waals surface area contributed by atoms with E-state index in [1.165, 1.54) is 12.1 Å². The Morgan fingerprint density at radius 2 is 2.00 bits per heavy atom. The number of fused-ring (bicyclic) bond motifs is 1. The number of rotatable bonds is 6. The Morgan fingerprint density at radius 3 is 2.80 bits per heavy atom. The van der Waals surface area contributed by atoms with Gasteiger partial charge in [0.15, 0.2) is 0 Å². The molecule has 0 aliphatic rings. The Balaban J connectivity index is 1.50. The first-order valence-corrected chi connectivity index (χ1v) is 9.69. The molecule has 5 aromatic rings. The molecule has 0 radical (unpaired) electrons. The summed E-state index contributed by atoms with van der Waals surface area (Å²) in [4.78, 5) is 4.89. The van der Waals surface area contributed by atoms with Gasteiger partial charge in [0, 0.05) is 19.2 Å². The smallest absolute Gasteiger partial charge is 0.138 e. The van der Waals surface area contributed by atoms with Gasteiger partial charge in [-0.3, -0.25) is 0 Å². The summed E-state index contributed by atoms with van der Waals surface area (Å²) >= 11 is 0. The second-order valence-electron chi connectivity index (χ2n) is 6.99. The first-order chi connectivity index (χ1) is 14.7. The van der Waals surface area contributed by atoms with E-state index in [4.69, 9.17) is 4.98 Å². The Labute approximate surface area is 171 Å². The van der Waals surface area contributed by atoms with Crippen LogP contribution in [0.25, 0.3) is 16.7 Å². The predicted molar refractivity (Wildman–Crippen MR) is 109 cm³/mol. The lowest BCUT2D eigenvalue weighted by molar-refractivity contribution is 0.624. The lowest BCUT2D eigenvalue weighted by Gasteiger charge is -2.09. The van der Waals surface area contributed by atoms with Crippen molar-refractivity contribution < 1.29 is 4.39 Å². The number of aromatic nitrogens is 8. The second kappa shape index (κ2) is 7.51. The number of imidazole rings is 1. The minimum absolute atomic E-state index is 0.287. The van der Waals surface area contributed by atoms with Crippen LogP contribution < -0.4 is 0 Å². The number of hydrogen-bond donors (Lipinski definition) is 0. The van der Waals surface area contributed by atoms with E-state index < -0.39 is 0 Å². The van der Waals surface area contributed by atoms with Crippen LogP contribution in [0.15, 0.2) is 61.1 Å². The highest BCUT2D eigenvalue weighted by Gasteiger charge is 2.14. The van der Waals surface area contributed by atoms with Crippen molar-refractivity contribution in [3.05, 3.63) is 84.0 Å². The SMILES string of the molecule is CCn1c(Cc2ccnn2-c2cccc(F)c2)nc2cc(Cn3cnnn3)ccc21. The number of tetrazole rings is 1.